The Kier molecular flexibility index (Phi) is 3.56. The van der Waals surface area contributed by atoms with Crippen LogP contribution in [-0.4, -0.2) is 0 Å². The fourth-order valence-electron chi connectivity index (χ4n) is 4.97. The third-order valence-corrected chi connectivity index (χ3v) is 6.52. The average molecular weight is 290 g/mol. The van der Waals surface area contributed by atoms with Gasteiger partial charge in [0.2, 0.25) is 0 Å². The molecule has 0 unspecified atom stereocenters. The summed E-state index contributed by atoms with van der Waals surface area (Å²) < 4.78 is 0. The molecule has 0 bridgehead atoms. The van der Waals surface area contributed by atoms with Crippen LogP contribution >= 0.6 is 0 Å². The van der Waals surface area contributed by atoms with E-state index in [9.17, 15) is 0 Å². The minimum atomic E-state index is 0.572. The quantitative estimate of drug-likeness (QED) is 0.651. The second-order valence-corrected chi connectivity index (χ2v) is 7.59. The summed E-state index contributed by atoms with van der Waals surface area (Å²) in [7, 11) is 0. The van der Waals surface area contributed by atoms with Crippen molar-refractivity contribution in [3.05, 3.63) is 71.8 Å². The minimum absolute atomic E-state index is 0.572. The molecule has 0 radical (unpaired) electrons. The fraction of sp³-hybridized carbons (Fsp3) is 0.455. The summed E-state index contributed by atoms with van der Waals surface area (Å²) in [5, 5.41) is 0. The molecule has 0 aromatic heterocycles. The van der Waals surface area contributed by atoms with Gasteiger partial charge < -0.3 is 0 Å². The van der Waals surface area contributed by atoms with Crippen molar-refractivity contribution < 1.29 is 0 Å². The molecule has 2 aromatic rings. The first kappa shape index (κ1) is 14.1. The van der Waals surface area contributed by atoms with E-state index in [4.69, 9.17) is 0 Å². The van der Waals surface area contributed by atoms with Crippen molar-refractivity contribution in [2.24, 2.45) is 10.8 Å². The van der Waals surface area contributed by atoms with Crippen LogP contribution in [0, 0.1) is 10.8 Å². The highest BCUT2D eigenvalue weighted by Gasteiger charge is 2.56. The van der Waals surface area contributed by atoms with E-state index in [2.05, 4.69) is 60.7 Å². The van der Waals surface area contributed by atoms with Gasteiger partial charge in [0.05, 0.1) is 0 Å². The lowest BCUT2D eigenvalue weighted by molar-refractivity contribution is -0.0967. The number of benzene rings is 2. The van der Waals surface area contributed by atoms with Crippen LogP contribution in [0.5, 0.6) is 0 Å². The average Bonchev–Trinajstić information content (AvgIpc) is 2.49. The van der Waals surface area contributed by atoms with Crippen LogP contribution in [0.25, 0.3) is 0 Å². The van der Waals surface area contributed by atoms with Gasteiger partial charge in [-0.1, -0.05) is 73.5 Å². The number of hydrogen-bond donors (Lipinski definition) is 0. The zero-order valence-corrected chi connectivity index (χ0v) is 13.4. The Bertz CT molecular complexity index is 546. The second-order valence-electron chi connectivity index (χ2n) is 7.59. The van der Waals surface area contributed by atoms with E-state index >= 15 is 0 Å². The molecule has 0 atom stereocenters. The van der Waals surface area contributed by atoms with Gasteiger partial charge in [0, 0.05) is 0 Å². The van der Waals surface area contributed by atoms with E-state index in [1.165, 1.54) is 51.4 Å². The fourth-order valence-corrected chi connectivity index (χ4v) is 4.97. The summed E-state index contributed by atoms with van der Waals surface area (Å²) in [5.74, 6) is 0. The monoisotopic (exact) mass is 290 g/mol. The van der Waals surface area contributed by atoms with Crippen LogP contribution in [-0.2, 0) is 12.8 Å². The van der Waals surface area contributed by atoms with Gasteiger partial charge in [-0.05, 0) is 60.5 Å². The summed E-state index contributed by atoms with van der Waals surface area (Å²) in [4.78, 5) is 0. The molecule has 0 heterocycles. The van der Waals surface area contributed by atoms with E-state index in [0.717, 1.165) is 0 Å². The van der Waals surface area contributed by atoms with Gasteiger partial charge in [0.25, 0.3) is 0 Å². The molecule has 2 aliphatic rings. The van der Waals surface area contributed by atoms with E-state index < -0.39 is 0 Å². The van der Waals surface area contributed by atoms with E-state index in [1.54, 1.807) is 11.1 Å². The van der Waals surface area contributed by atoms with Crippen LogP contribution < -0.4 is 0 Å². The zero-order chi connectivity index (χ0) is 14.9. The third kappa shape index (κ3) is 2.29. The van der Waals surface area contributed by atoms with Crippen LogP contribution in [0.4, 0.5) is 0 Å². The molecule has 0 nitrogen and oxygen atoms in total. The lowest BCUT2D eigenvalue weighted by Crippen LogP contribution is -2.53. The Labute approximate surface area is 134 Å². The highest BCUT2D eigenvalue weighted by Crippen LogP contribution is 2.65. The molecule has 114 valence electrons. The van der Waals surface area contributed by atoms with Gasteiger partial charge in [-0.3, -0.25) is 0 Å². The van der Waals surface area contributed by atoms with E-state index in [0.29, 0.717) is 10.8 Å². The maximum Gasteiger partial charge on any atom is -0.0197 e. The topological polar surface area (TPSA) is 0 Å². The Morgan fingerprint density at radius 3 is 1.18 bits per heavy atom. The Hall–Kier alpha value is -1.56. The largest absolute Gasteiger partial charge is 0.0622 e. The molecule has 2 saturated carbocycles. The van der Waals surface area contributed by atoms with E-state index in [-0.39, 0.29) is 0 Å². The predicted octanol–water partition coefficient (Wildman–Crippen LogP) is 5.81. The molecule has 2 aliphatic carbocycles. The Morgan fingerprint density at radius 2 is 0.909 bits per heavy atom. The molecule has 0 amide bonds. The lowest BCUT2D eigenvalue weighted by atomic mass is 9.43. The molecule has 0 heteroatoms. The SMILES string of the molecule is c1ccc(CC2(C3(Cc4ccccc4)CCC3)CCC2)cc1. The Balaban J connectivity index is 1.61. The molecule has 2 aromatic carbocycles. The first-order valence-corrected chi connectivity index (χ1v) is 8.90. The lowest BCUT2D eigenvalue weighted by Gasteiger charge is -2.61. The molecule has 4 rings (SSSR count). The molecule has 0 spiro atoms. The van der Waals surface area contributed by atoms with Gasteiger partial charge in [-0.2, -0.15) is 0 Å². The first-order valence-electron chi connectivity index (χ1n) is 8.90. The maximum atomic E-state index is 2.33. The number of hydrogen-bond acceptors (Lipinski definition) is 0. The molecule has 0 N–H and O–H groups in total. The summed E-state index contributed by atoms with van der Waals surface area (Å²) in [6.45, 7) is 0. The van der Waals surface area contributed by atoms with Crippen molar-refractivity contribution in [1.29, 1.82) is 0 Å². The van der Waals surface area contributed by atoms with Crippen molar-refractivity contribution in [2.75, 3.05) is 0 Å². The van der Waals surface area contributed by atoms with E-state index in [1.807, 2.05) is 0 Å². The van der Waals surface area contributed by atoms with Crippen LogP contribution in [0.3, 0.4) is 0 Å². The third-order valence-electron chi connectivity index (χ3n) is 6.52. The second kappa shape index (κ2) is 5.57. The van der Waals surface area contributed by atoms with Crippen molar-refractivity contribution in [2.45, 2.75) is 51.4 Å². The van der Waals surface area contributed by atoms with Crippen molar-refractivity contribution in [3.63, 3.8) is 0 Å². The highest BCUT2D eigenvalue weighted by atomic mass is 14.6. The summed E-state index contributed by atoms with van der Waals surface area (Å²) >= 11 is 0. The van der Waals surface area contributed by atoms with Crippen LogP contribution in [0.2, 0.25) is 0 Å². The van der Waals surface area contributed by atoms with Gasteiger partial charge >= 0.3 is 0 Å². The summed E-state index contributed by atoms with van der Waals surface area (Å²) in [5.41, 5.74) is 4.23. The molecule has 0 saturated heterocycles. The van der Waals surface area contributed by atoms with Gasteiger partial charge in [-0.25, -0.2) is 0 Å². The first-order chi connectivity index (χ1) is 10.8. The molecular weight excluding hydrogens is 264 g/mol. The predicted molar refractivity (Wildman–Crippen MR) is 92.9 cm³/mol. The molecular formula is C22H26. The van der Waals surface area contributed by atoms with Crippen molar-refractivity contribution in [1.82, 2.24) is 0 Å². The smallest absolute Gasteiger partial charge is 0.0197 e. The van der Waals surface area contributed by atoms with Crippen molar-refractivity contribution >= 4 is 0 Å². The molecule has 2 fully saturated rings. The summed E-state index contributed by atoms with van der Waals surface area (Å²) in [6, 6.07) is 22.4. The highest BCUT2D eigenvalue weighted by molar-refractivity contribution is 5.24. The standard InChI is InChI=1S/C22H26/c1-3-9-19(10-4-1)17-21(13-7-14-21)22(15-8-16-22)18-20-11-5-2-6-12-20/h1-6,9-12H,7-8,13-18H2. The normalized spacial score (nSPS) is 21.6. The van der Waals surface area contributed by atoms with Crippen molar-refractivity contribution in [3.8, 4) is 0 Å². The molecule has 0 aliphatic heterocycles. The van der Waals surface area contributed by atoms with Crippen LogP contribution in [0.15, 0.2) is 60.7 Å². The molecule has 22 heavy (non-hydrogen) atoms. The van der Waals surface area contributed by atoms with Gasteiger partial charge in [0.1, 0.15) is 0 Å². The maximum absolute atomic E-state index is 2.33. The number of rotatable bonds is 5. The summed E-state index contributed by atoms with van der Waals surface area (Å²) in [6.07, 6.45) is 11.2. The Morgan fingerprint density at radius 1 is 0.545 bits per heavy atom. The van der Waals surface area contributed by atoms with Crippen LogP contribution in [0.1, 0.15) is 49.7 Å². The van der Waals surface area contributed by atoms with Gasteiger partial charge in [-0.15, -0.1) is 0 Å². The van der Waals surface area contributed by atoms with Gasteiger partial charge in [0.15, 0.2) is 0 Å². The minimum Gasteiger partial charge on any atom is -0.0622 e. The zero-order valence-electron chi connectivity index (χ0n) is 13.4.